The van der Waals surface area contributed by atoms with E-state index in [1.54, 1.807) is 15.9 Å². The molecule has 10 nitrogen and oxygen atoms in total. The third-order valence-corrected chi connectivity index (χ3v) is 12.0. The number of aliphatic hydroxyl groups excluding tert-OH is 2. The molecule has 3 aliphatic heterocycles. The van der Waals surface area contributed by atoms with Gasteiger partial charge >= 0.3 is 0 Å². The standard InChI is InChI=1S/C34H47N3O7Si/c1-6-16-36-29-12-10-24(21-26(29)34(33(36)41)22(3)31(45(4,5)42)30(44-34)14-18-39)37-28-13-11-25(43-7-2)19-23(28)20-27(32(37)40)35-15-8-9-17-38/h6,10-13,19,21-22,27,30-31,35,38-39,42H,1,7-9,14-18,20H2,2-5H3/t22-,27?,30+,31-,34+/m1/s1. The molecule has 5 atom stereocenters. The van der Waals surface area contributed by atoms with Gasteiger partial charge < -0.3 is 34.7 Å². The van der Waals surface area contributed by atoms with Crippen molar-refractivity contribution in [3.63, 3.8) is 0 Å². The second kappa shape index (κ2) is 13.3. The van der Waals surface area contributed by atoms with Crippen LogP contribution < -0.4 is 19.9 Å². The number of fused-ring (bicyclic) bond motifs is 3. The van der Waals surface area contributed by atoms with Crippen LogP contribution in [-0.4, -0.2) is 80.2 Å². The van der Waals surface area contributed by atoms with E-state index in [0.717, 1.165) is 23.4 Å². The fourth-order valence-corrected chi connectivity index (χ4v) is 10.2. The van der Waals surface area contributed by atoms with Crippen LogP contribution >= 0.6 is 0 Å². The van der Waals surface area contributed by atoms with E-state index in [1.807, 2.05) is 63.3 Å². The molecule has 45 heavy (non-hydrogen) atoms. The van der Waals surface area contributed by atoms with Gasteiger partial charge in [0.1, 0.15) is 5.75 Å². The van der Waals surface area contributed by atoms with Crippen molar-refractivity contribution < 1.29 is 34.1 Å². The van der Waals surface area contributed by atoms with Gasteiger partial charge in [-0.2, -0.15) is 0 Å². The first-order valence-corrected chi connectivity index (χ1v) is 19.1. The number of amides is 2. The van der Waals surface area contributed by atoms with Gasteiger partial charge in [0.05, 0.1) is 30.1 Å². The maximum atomic E-state index is 14.4. The van der Waals surface area contributed by atoms with Crippen LogP contribution in [0.15, 0.2) is 49.1 Å². The van der Waals surface area contributed by atoms with Gasteiger partial charge in [-0.25, -0.2) is 0 Å². The van der Waals surface area contributed by atoms with Crippen LogP contribution in [0.1, 0.15) is 44.2 Å². The highest BCUT2D eigenvalue weighted by Gasteiger charge is 2.66. The quantitative estimate of drug-likeness (QED) is 0.148. The van der Waals surface area contributed by atoms with Gasteiger partial charge in [-0.15, -0.1) is 6.58 Å². The fourth-order valence-electron chi connectivity index (χ4n) is 7.63. The fraction of sp³-hybridized carbons (Fsp3) is 0.529. The Morgan fingerprint density at radius 2 is 1.89 bits per heavy atom. The van der Waals surface area contributed by atoms with Crippen LogP contribution in [0.25, 0.3) is 0 Å². The van der Waals surface area contributed by atoms with E-state index in [2.05, 4.69) is 11.9 Å². The molecule has 3 heterocycles. The van der Waals surface area contributed by atoms with Crippen LogP contribution in [0.4, 0.5) is 17.1 Å². The molecule has 2 aromatic rings. The van der Waals surface area contributed by atoms with Gasteiger partial charge in [-0.05, 0) is 94.2 Å². The third kappa shape index (κ3) is 5.86. The van der Waals surface area contributed by atoms with Crippen molar-refractivity contribution in [3.05, 3.63) is 60.2 Å². The second-order valence-corrected chi connectivity index (χ2v) is 16.8. The molecular weight excluding hydrogens is 590 g/mol. The predicted molar refractivity (Wildman–Crippen MR) is 176 cm³/mol. The molecule has 1 fully saturated rings. The van der Waals surface area contributed by atoms with Gasteiger partial charge in [0.25, 0.3) is 5.91 Å². The summed E-state index contributed by atoms with van der Waals surface area (Å²) in [5, 5.41) is 22.5. The van der Waals surface area contributed by atoms with E-state index < -0.39 is 26.1 Å². The third-order valence-electron chi connectivity index (χ3n) is 9.47. The number of carbonyl (C=O) groups excluding carboxylic acids is 2. The highest BCUT2D eigenvalue weighted by atomic mass is 28.4. The Bertz CT molecular complexity index is 1430. The summed E-state index contributed by atoms with van der Waals surface area (Å²) >= 11 is 0. The summed E-state index contributed by atoms with van der Waals surface area (Å²) in [6.07, 6.45) is 3.37. The Morgan fingerprint density at radius 1 is 1.13 bits per heavy atom. The number of rotatable bonds is 13. The summed E-state index contributed by atoms with van der Waals surface area (Å²) in [7, 11) is -2.84. The van der Waals surface area contributed by atoms with Crippen LogP contribution in [0.3, 0.4) is 0 Å². The molecule has 0 saturated carbocycles. The highest BCUT2D eigenvalue weighted by Crippen LogP contribution is 2.60. The first-order chi connectivity index (χ1) is 21.5. The van der Waals surface area contributed by atoms with Crippen molar-refractivity contribution in [2.75, 3.05) is 42.7 Å². The van der Waals surface area contributed by atoms with E-state index in [9.17, 15) is 24.6 Å². The lowest BCUT2D eigenvalue weighted by atomic mass is 9.82. The van der Waals surface area contributed by atoms with Gasteiger partial charge in [-0.1, -0.05) is 13.0 Å². The Hall–Kier alpha value is -3.06. The molecule has 1 saturated heterocycles. The molecule has 2 amide bonds. The molecule has 0 bridgehead atoms. The minimum Gasteiger partial charge on any atom is -0.494 e. The molecule has 1 spiro atoms. The maximum Gasteiger partial charge on any atom is 0.264 e. The van der Waals surface area contributed by atoms with Crippen molar-refractivity contribution in [3.8, 4) is 5.75 Å². The molecule has 0 aromatic heterocycles. The molecule has 244 valence electrons. The minimum absolute atomic E-state index is 0.0991. The number of hydrogen-bond acceptors (Lipinski definition) is 8. The molecule has 4 N–H and O–H groups in total. The molecule has 1 unspecified atom stereocenters. The first-order valence-electron chi connectivity index (χ1n) is 16.1. The molecule has 11 heteroatoms. The van der Waals surface area contributed by atoms with E-state index in [0.29, 0.717) is 49.4 Å². The maximum absolute atomic E-state index is 14.4. The monoisotopic (exact) mass is 637 g/mol. The van der Waals surface area contributed by atoms with Crippen molar-refractivity contribution in [1.82, 2.24) is 5.32 Å². The highest BCUT2D eigenvalue weighted by molar-refractivity contribution is 6.71. The average molecular weight is 638 g/mol. The number of unbranched alkanes of at least 4 members (excludes halogenated alkanes) is 1. The summed E-state index contributed by atoms with van der Waals surface area (Å²) in [4.78, 5) is 43.3. The van der Waals surface area contributed by atoms with Gasteiger partial charge in [-0.3, -0.25) is 14.5 Å². The summed E-state index contributed by atoms with van der Waals surface area (Å²) < 4.78 is 12.5. The number of nitrogens with zero attached hydrogens (tertiary/aromatic N) is 2. The summed E-state index contributed by atoms with van der Waals surface area (Å²) in [5.74, 6) is 0.0160. The first kappa shape index (κ1) is 33.3. The lowest BCUT2D eigenvalue weighted by Gasteiger charge is -2.36. The van der Waals surface area contributed by atoms with Crippen molar-refractivity contribution in [2.24, 2.45) is 5.92 Å². The molecule has 5 rings (SSSR count). The van der Waals surface area contributed by atoms with Gasteiger partial charge in [0.2, 0.25) is 5.91 Å². The van der Waals surface area contributed by atoms with E-state index in [4.69, 9.17) is 9.47 Å². The average Bonchev–Trinajstić information content (AvgIpc) is 3.42. The zero-order valence-corrected chi connectivity index (χ0v) is 27.8. The Balaban J connectivity index is 1.63. The largest absolute Gasteiger partial charge is 0.494 e. The summed E-state index contributed by atoms with van der Waals surface area (Å²) in [6.45, 7) is 12.8. The molecule has 2 aromatic carbocycles. The Morgan fingerprint density at radius 3 is 2.56 bits per heavy atom. The zero-order valence-electron chi connectivity index (χ0n) is 26.8. The van der Waals surface area contributed by atoms with Gasteiger partial charge in [0.15, 0.2) is 13.9 Å². The van der Waals surface area contributed by atoms with Crippen LogP contribution in [0.5, 0.6) is 5.75 Å². The van der Waals surface area contributed by atoms with Crippen LogP contribution in [-0.2, 0) is 26.3 Å². The van der Waals surface area contributed by atoms with E-state index in [1.165, 1.54) is 0 Å². The smallest absolute Gasteiger partial charge is 0.264 e. The van der Waals surface area contributed by atoms with E-state index >= 15 is 0 Å². The molecule has 3 aliphatic rings. The molecule has 0 radical (unpaired) electrons. The van der Waals surface area contributed by atoms with E-state index in [-0.39, 0.29) is 43.0 Å². The number of carbonyl (C=O) groups is 2. The number of nitrogens with one attached hydrogen (secondary N) is 1. The van der Waals surface area contributed by atoms with Crippen molar-refractivity contribution in [1.29, 1.82) is 0 Å². The predicted octanol–water partition coefficient (Wildman–Crippen LogP) is 3.75. The van der Waals surface area contributed by atoms with Crippen LogP contribution in [0.2, 0.25) is 18.6 Å². The second-order valence-electron chi connectivity index (χ2n) is 12.8. The Labute approximate surface area is 266 Å². The molecule has 0 aliphatic carbocycles. The number of benzene rings is 2. The Kier molecular flexibility index (Phi) is 9.88. The SMILES string of the molecule is C=CCN1C(=O)[C@@]2(O[C@@H](CCO)[C@H]([Si](C)(C)O)[C@H]2C)c2cc(N3C(=O)C(NCCCCO)Cc4cc(OCC)ccc43)ccc21. The number of ether oxygens (including phenoxy) is 2. The lowest BCUT2D eigenvalue weighted by molar-refractivity contribution is -0.146. The number of anilines is 3. The van der Waals surface area contributed by atoms with Crippen molar-refractivity contribution in [2.45, 2.75) is 75.9 Å². The topological polar surface area (TPSA) is 132 Å². The normalized spacial score (nSPS) is 26.0. The zero-order chi connectivity index (χ0) is 32.5. The minimum atomic E-state index is -2.84. The van der Waals surface area contributed by atoms with Gasteiger partial charge in [0, 0.05) is 42.5 Å². The lowest BCUT2D eigenvalue weighted by Crippen LogP contribution is -2.49. The van der Waals surface area contributed by atoms with Crippen molar-refractivity contribution >= 4 is 37.2 Å². The number of hydrogen-bond donors (Lipinski definition) is 4. The summed E-state index contributed by atoms with van der Waals surface area (Å²) in [6, 6.07) is 10.9. The molecular formula is C34H47N3O7Si. The summed E-state index contributed by atoms with van der Waals surface area (Å²) in [5.41, 5.74) is 1.98. The van der Waals surface area contributed by atoms with Crippen LogP contribution in [0, 0.1) is 5.92 Å². The number of aliphatic hydroxyl groups is 2.